The second-order valence-electron chi connectivity index (χ2n) is 9.06. The van der Waals surface area contributed by atoms with E-state index in [0.717, 1.165) is 23.1 Å². The van der Waals surface area contributed by atoms with Crippen LogP contribution in [0.4, 0.5) is 0 Å². The number of rotatable bonds is 14. The molecule has 7 heteroatoms. The lowest BCUT2D eigenvalue weighted by Crippen LogP contribution is -2.50. The largest absolute Gasteiger partial charge is 0.497 e. The van der Waals surface area contributed by atoms with E-state index < -0.39 is 6.04 Å². The molecule has 0 radical (unpaired) electrons. The summed E-state index contributed by atoms with van der Waals surface area (Å²) in [6.45, 7) is 2.85. The van der Waals surface area contributed by atoms with E-state index in [0.29, 0.717) is 43.2 Å². The first kappa shape index (κ1) is 28.6. The maximum absolute atomic E-state index is 13.8. The first-order valence-corrected chi connectivity index (χ1v) is 12.9. The normalized spacial score (nSPS) is 11.4. The molecule has 1 unspecified atom stereocenters. The lowest BCUT2D eigenvalue weighted by molar-refractivity contribution is -0.141. The minimum Gasteiger partial charge on any atom is -0.497 e. The smallest absolute Gasteiger partial charge is 0.243 e. The van der Waals surface area contributed by atoms with Gasteiger partial charge in [0.15, 0.2) is 11.5 Å². The first-order chi connectivity index (χ1) is 18.5. The summed E-state index contributed by atoms with van der Waals surface area (Å²) in [6.07, 6.45) is 1.98. The number of nitrogens with zero attached hydrogens (tertiary/aromatic N) is 1. The van der Waals surface area contributed by atoms with Crippen LogP contribution >= 0.6 is 0 Å². The third kappa shape index (κ3) is 8.00. The number of carbonyl (C=O) groups is 2. The van der Waals surface area contributed by atoms with Gasteiger partial charge in [-0.05, 0) is 53.8 Å². The number of benzene rings is 3. The molecule has 1 atom stereocenters. The van der Waals surface area contributed by atoms with Gasteiger partial charge in [-0.25, -0.2) is 0 Å². The fourth-order valence-corrected chi connectivity index (χ4v) is 4.32. The zero-order valence-electron chi connectivity index (χ0n) is 22.7. The Kier molecular flexibility index (Phi) is 11.0. The van der Waals surface area contributed by atoms with Crippen LogP contribution in [-0.4, -0.2) is 50.6 Å². The van der Waals surface area contributed by atoms with Crippen LogP contribution in [0.3, 0.4) is 0 Å². The molecule has 0 aliphatic rings. The SMILES string of the molecule is CCCNC(=O)C(Cc1ccccc1)N(Cc1cccc(OC)c1)C(=O)CCc1ccc(OC)c(OC)c1. The molecule has 3 rings (SSSR count). The van der Waals surface area contributed by atoms with Crippen LogP contribution in [-0.2, 0) is 29.0 Å². The van der Waals surface area contributed by atoms with Crippen molar-refractivity contribution in [3.8, 4) is 17.2 Å². The first-order valence-electron chi connectivity index (χ1n) is 12.9. The third-order valence-electron chi connectivity index (χ3n) is 6.38. The van der Waals surface area contributed by atoms with E-state index in [9.17, 15) is 9.59 Å². The van der Waals surface area contributed by atoms with Gasteiger partial charge in [0.05, 0.1) is 21.3 Å². The van der Waals surface area contributed by atoms with Gasteiger partial charge < -0.3 is 24.4 Å². The summed E-state index contributed by atoms with van der Waals surface area (Å²) in [5, 5.41) is 3.01. The van der Waals surface area contributed by atoms with E-state index in [1.807, 2.05) is 79.7 Å². The molecule has 0 aliphatic carbocycles. The van der Waals surface area contributed by atoms with Gasteiger partial charge in [-0.15, -0.1) is 0 Å². The van der Waals surface area contributed by atoms with Crippen molar-refractivity contribution >= 4 is 11.8 Å². The molecule has 0 spiro atoms. The van der Waals surface area contributed by atoms with Gasteiger partial charge >= 0.3 is 0 Å². The molecular weight excluding hydrogens is 480 g/mol. The summed E-state index contributed by atoms with van der Waals surface area (Å²) in [5.74, 6) is 1.70. The second-order valence-corrected chi connectivity index (χ2v) is 9.06. The van der Waals surface area contributed by atoms with Crippen molar-refractivity contribution in [2.75, 3.05) is 27.9 Å². The van der Waals surface area contributed by atoms with Crippen LogP contribution in [0, 0.1) is 0 Å². The molecule has 0 fully saturated rings. The van der Waals surface area contributed by atoms with Gasteiger partial charge in [0.25, 0.3) is 0 Å². The van der Waals surface area contributed by atoms with Crippen LogP contribution in [0.25, 0.3) is 0 Å². The molecule has 202 valence electrons. The molecule has 0 saturated carbocycles. The van der Waals surface area contributed by atoms with Crippen molar-refractivity contribution in [1.82, 2.24) is 10.2 Å². The van der Waals surface area contributed by atoms with Gasteiger partial charge in [0.2, 0.25) is 11.8 Å². The number of ether oxygens (including phenoxy) is 3. The van der Waals surface area contributed by atoms with Crippen LogP contribution in [0.5, 0.6) is 17.2 Å². The predicted molar refractivity (Wildman–Crippen MR) is 149 cm³/mol. The monoisotopic (exact) mass is 518 g/mol. The van der Waals surface area contributed by atoms with Crippen molar-refractivity contribution in [3.05, 3.63) is 89.5 Å². The molecule has 3 aromatic rings. The van der Waals surface area contributed by atoms with Gasteiger partial charge in [-0.1, -0.05) is 55.5 Å². The lowest BCUT2D eigenvalue weighted by atomic mass is 10.0. The van der Waals surface area contributed by atoms with E-state index >= 15 is 0 Å². The number of aryl methyl sites for hydroxylation is 1. The van der Waals surface area contributed by atoms with E-state index in [1.165, 1.54) is 0 Å². The van der Waals surface area contributed by atoms with Crippen LogP contribution < -0.4 is 19.5 Å². The Morgan fingerprint density at radius 1 is 0.816 bits per heavy atom. The van der Waals surface area contributed by atoms with Crippen molar-refractivity contribution in [3.63, 3.8) is 0 Å². The zero-order chi connectivity index (χ0) is 27.3. The second kappa shape index (κ2) is 14.7. The molecular formula is C31H38N2O5. The average Bonchev–Trinajstić information content (AvgIpc) is 2.96. The number of hydrogen-bond acceptors (Lipinski definition) is 5. The van der Waals surface area contributed by atoms with E-state index in [2.05, 4.69) is 5.32 Å². The van der Waals surface area contributed by atoms with E-state index in [1.54, 1.807) is 26.2 Å². The molecule has 0 aliphatic heterocycles. The Bertz CT molecular complexity index is 1180. The molecule has 7 nitrogen and oxygen atoms in total. The molecule has 0 heterocycles. The highest BCUT2D eigenvalue weighted by Crippen LogP contribution is 2.28. The number of methoxy groups -OCH3 is 3. The van der Waals surface area contributed by atoms with E-state index in [4.69, 9.17) is 14.2 Å². The summed E-state index contributed by atoms with van der Waals surface area (Å²) in [4.78, 5) is 29.0. The van der Waals surface area contributed by atoms with Gasteiger partial charge in [-0.2, -0.15) is 0 Å². The molecule has 0 bridgehead atoms. The number of nitrogens with one attached hydrogen (secondary N) is 1. The molecule has 0 aromatic heterocycles. The summed E-state index contributed by atoms with van der Waals surface area (Å²) in [7, 11) is 4.79. The van der Waals surface area contributed by atoms with E-state index in [-0.39, 0.29) is 18.2 Å². The molecule has 2 amide bonds. The summed E-state index contributed by atoms with van der Waals surface area (Å²) >= 11 is 0. The van der Waals surface area contributed by atoms with Crippen LogP contribution in [0.1, 0.15) is 36.5 Å². The highest BCUT2D eigenvalue weighted by atomic mass is 16.5. The zero-order valence-corrected chi connectivity index (χ0v) is 22.7. The van der Waals surface area contributed by atoms with Crippen molar-refractivity contribution in [2.24, 2.45) is 0 Å². The highest BCUT2D eigenvalue weighted by Gasteiger charge is 2.30. The van der Waals surface area contributed by atoms with Crippen molar-refractivity contribution in [2.45, 2.75) is 45.2 Å². The third-order valence-corrected chi connectivity index (χ3v) is 6.38. The Morgan fingerprint density at radius 2 is 1.55 bits per heavy atom. The van der Waals surface area contributed by atoms with Gasteiger partial charge in [-0.3, -0.25) is 9.59 Å². The predicted octanol–water partition coefficient (Wildman–Crippen LogP) is 4.81. The Morgan fingerprint density at radius 3 is 2.24 bits per heavy atom. The Balaban J connectivity index is 1.90. The summed E-state index contributed by atoms with van der Waals surface area (Å²) in [6, 6.07) is 22.4. The quantitative estimate of drug-likeness (QED) is 0.331. The fraction of sp³-hybridized carbons (Fsp3) is 0.355. The number of hydrogen-bond donors (Lipinski definition) is 1. The highest BCUT2D eigenvalue weighted by molar-refractivity contribution is 5.88. The average molecular weight is 519 g/mol. The Hall–Kier alpha value is -4.00. The topological polar surface area (TPSA) is 77.1 Å². The van der Waals surface area contributed by atoms with Gasteiger partial charge in [0.1, 0.15) is 11.8 Å². The minimum atomic E-state index is -0.659. The fourth-order valence-electron chi connectivity index (χ4n) is 4.32. The number of carbonyl (C=O) groups excluding carboxylic acids is 2. The lowest BCUT2D eigenvalue weighted by Gasteiger charge is -2.32. The molecule has 1 N–H and O–H groups in total. The Labute approximate surface area is 225 Å². The van der Waals surface area contributed by atoms with Gasteiger partial charge in [0, 0.05) is 25.9 Å². The summed E-state index contributed by atoms with van der Waals surface area (Å²) in [5.41, 5.74) is 2.84. The standard InChI is InChI=1S/C31H38N2O5/c1-5-18-32-31(35)27(20-23-10-7-6-8-11-23)33(22-25-12-9-13-26(19-25)36-2)30(34)17-15-24-14-16-28(37-3)29(21-24)38-4/h6-14,16,19,21,27H,5,15,17-18,20,22H2,1-4H3,(H,32,35). The molecule has 0 saturated heterocycles. The molecule has 3 aromatic carbocycles. The maximum Gasteiger partial charge on any atom is 0.243 e. The number of amides is 2. The maximum atomic E-state index is 13.8. The summed E-state index contributed by atoms with van der Waals surface area (Å²) < 4.78 is 16.1. The van der Waals surface area contributed by atoms with Crippen molar-refractivity contribution < 1.29 is 23.8 Å². The van der Waals surface area contributed by atoms with Crippen LogP contribution in [0.15, 0.2) is 72.8 Å². The molecule has 38 heavy (non-hydrogen) atoms. The van der Waals surface area contributed by atoms with Crippen molar-refractivity contribution in [1.29, 1.82) is 0 Å². The minimum absolute atomic E-state index is 0.102. The van der Waals surface area contributed by atoms with Crippen LogP contribution in [0.2, 0.25) is 0 Å².